The maximum absolute atomic E-state index is 5.55. The first-order valence-corrected chi connectivity index (χ1v) is 6.72. The Bertz CT molecular complexity index is 115. The summed E-state index contributed by atoms with van der Waals surface area (Å²) in [6.45, 7) is 7.61. The second kappa shape index (κ2) is 12.0. The van der Waals surface area contributed by atoms with Gasteiger partial charge >= 0.3 is 0 Å². The summed E-state index contributed by atoms with van der Waals surface area (Å²) < 4.78 is 0. The molecule has 0 heterocycles. The fourth-order valence-corrected chi connectivity index (χ4v) is 1.62. The molecule has 1 atom stereocenters. The molecule has 0 amide bonds. The van der Waals surface area contributed by atoms with Crippen molar-refractivity contribution in [3.8, 4) is 0 Å². The molecule has 0 spiro atoms. The molecule has 0 aliphatic rings. The van der Waals surface area contributed by atoms with Gasteiger partial charge in [0.25, 0.3) is 0 Å². The van der Waals surface area contributed by atoms with Gasteiger partial charge in [-0.1, -0.05) is 46.0 Å². The van der Waals surface area contributed by atoms with Crippen LogP contribution in [0.4, 0.5) is 0 Å². The molecule has 0 rings (SSSR count). The predicted molar refractivity (Wildman–Crippen MR) is 69.1 cm³/mol. The highest BCUT2D eigenvalue weighted by Crippen LogP contribution is 2.04. The minimum absolute atomic E-state index is 0.669. The summed E-state index contributed by atoms with van der Waals surface area (Å²) in [5, 5.41) is 3.49. The minimum Gasteiger partial charge on any atom is -0.330 e. The molecule has 0 bridgehead atoms. The van der Waals surface area contributed by atoms with Crippen LogP contribution < -0.4 is 11.1 Å². The Balaban J connectivity index is 2.92. The van der Waals surface area contributed by atoms with Crippen LogP contribution in [0.5, 0.6) is 0 Å². The molecule has 0 aromatic rings. The Labute approximate surface area is 96.0 Å². The van der Waals surface area contributed by atoms with Crippen LogP contribution in [0.15, 0.2) is 0 Å². The summed E-state index contributed by atoms with van der Waals surface area (Å²) in [6, 6.07) is 0. The monoisotopic (exact) mass is 214 g/mol. The Morgan fingerprint density at radius 3 is 2.33 bits per heavy atom. The van der Waals surface area contributed by atoms with Gasteiger partial charge in [-0.05, 0) is 38.4 Å². The van der Waals surface area contributed by atoms with Crippen molar-refractivity contribution in [2.45, 2.75) is 58.8 Å². The van der Waals surface area contributed by atoms with Crippen LogP contribution >= 0.6 is 0 Å². The lowest BCUT2D eigenvalue weighted by Crippen LogP contribution is -2.21. The number of nitrogens with one attached hydrogen (secondary N) is 1. The molecule has 0 saturated heterocycles. The number of unbranched alkanes of at least 4 members (excludes halogenated alkanes) is 5. The van der Waals surface area contributed by atoms with E-state index in [1.165, 1.54) is 51.5 Å². The molecule has 0 aromatic heterocycles. The van der Waals surface area contributed by atoms with Gasteiger partial charge in [-0.25, -0.2) is 0 Å². The Morgan fingerprint density at radius 2 is 1.67 bits per heavy atom. The lowest BCUT2D eigenvalue weighted by Gasteiger charge is -2.08. The third kappa shape index (κ3) is 11.8. The van der Waals surface area contributed by atoms with E-state index in [1.807, 2.05) is 0 Å². The van der Waals surface area contributed by atoms with Gasteiger partial charge in [0.1, 0.15) is 0 Å². The Kier molecular flexibility index (Phi) is 11.9. The van der Waals surface area contributed by atoms with E-state index in [-0.39, 0.29) is 0 Å². The van der Waals surface area contributed by atoms with Crippen molar-refractivity contribution >= 4 is 0 Å². The van der Waals surface area contributed by atoms with Crippen molar-refractivity contribution in [3.63, 3.8) is 0 Å². The van der Waals surface area contributed by atoms with E-state index in [4.69, 9.17) is 5.73 Å². The highest BCUT2D eigenvalue weighted by molar-refractivity contribution is 4.56. The molecule has 15 heavy (non-hydrogen) atoms. The molecule has 0 aliphatic carbocycles. The number of hydrogen-bond donors (Lipinski definition) is 2. The molecule has 0 radical (unpaired) electrons. The second-order valence-corrected chi connectivity index (χ2v) is 4.65. The van der Waals surface area contributed by atoms with Crippen molar-refractivity contribution in [2.24, 2.45) is 11.7 Å². The second-order valence-electron chi connectivity index (χ2n) is 4.65. The summed E-state index contributed by atoms with van der Waals surface area (Å²) >= 11 is 0. The maximum Gasteiger partial charge on any atom is -0.00459 e. The zero-order valence-electron chi connectivity index (χ0n) is 10.7. The van der Waals surface area contributed by atoms with Gasteiger partial charge in [0.15, 0.2) is 0 Å². The van der Waals surface area contributed by atoms with Crippen LogP contribution in [0.1, 0.15) is 58.8 Å². The van der Waals surface area contributed by atoms with Crippen LogP contribution in [0.2, 0.25) is 0 Å². The molecule has 1 unspecified atom stereocenters. The molecule has 0 saturated carbocycles. The predicted octanol–water partition coefficient (Wildman–Crippen LogP) is 2.92. The van der Waals surface area contributed by atoms with Crippen molar-refractivity contribution in [1.29, 1.82) is 0 Å². The topological polar surface area (TPSA) is 38.0 Å². The number of nitrogens with two attached hydrogens (primary N) is 1. The van der Waals surface area contributed by atoms with Gasteiger partial charge in [0.2, 0.25) is 0 Å². The lowest BCUT2D eigenvalue weighted by molar-refractivity contribution is 0.498. The van der Waals surface area contributed by atoms with Crippen molar-refractivity contribution < 1.29 is 0 Å². The summed E-state index contributed by atoms with van der Waals surface area (Å²) in [7, 11) is 0. The minimum atomic E-state index is 0.669. The van der Waals surface area contributed by atoms with Gasteiger partial charge < -0.3 is 11.1 Å². The van der Waals surface area contributed by atoms with E-state index in [0.29, 0.717) is 5.92 Å². The van der Waals surface area contributed by atoms with E-state index in [9.17, 15) is 0 Å². The maximum atomic E-state index is 5.55. The average molecular weight is 214 g/mol. The highest BCUT2D eigenvalue weighted by atomic mass is 14.8. The average Bonchev–Trinajstić information content (AvgIpc) is 2.26. The molecular formula is C13H30N2. The summed E-state index contributed by atoms with van der Waals surface area (Å²) in [6.07, 6.45) is 9.51. The summed E-state index contributed by atoms with van der Waals surface area (Å²) in [5.74, 6) is 0.669. The van der Waals surface area contributed by atoms with Crippen LogP contribution in [0.25, 0.3) is 0 Å². The number of hydrogen-bond acceptors (Lipinski definition) is 2. The molecule has 2 heteroatoms. The quantitative estimate of drug-likeness (QED) is 0.519. The third-order valence-corrected chi connectivity index (χ3v) is 2.92. The van der Waals surface area contributed by atoms with Gasteiger partial charge in [-0.2, -0.15) is 0 Å². The van der Waals surface area contributed by atoms with Crippen molar-refractivity contribution in [3.05, 3.63) is 0 Å². The van der Waals surface area contributed by atoms with E-state index in [0.717, 1.165) is 13.1 Å². The Hall–Kier alpha value is -0.0800. The molecule has 92 valence electrons. The van der Waals surface area contributed by atoms with Crippen molar-refractivity contribution in [1.82, 2.24) is 5.32 Å². The standard InChI is InChI=1S/C13H30N2/c1-3-4-5-6-7-8-10-15-11-9-13(2)12-14/h13,15H,3-12,14H2,1-2H3. The zero-order chi connectivity index (χ0) is 11.4. The SMILES string of the molecule is CCCCCCCCNCCC(C)CN. The van der Waals surface area contributed by atoms with E-state index in [2.05, 4.69) is 19.2 Å². The summed E-state index contributed by atoms with van der Waals surface area (Å²) in [4.78, 5) is 0. The first-order valence-electron chi connectivity index (χ1n) is 6.72. The van der Waals surface area contributed by atoms with Gasteiger partial charge in [-0.3, -0.25) is 0 Å². The van der Waals surface area contributed by atoms with Crippen LogP contribution in [-0.4, -0.2) is 19.6 Å². The van der Waals surface area contributed by atoms with Gasteiger partial charge in [0, 0.05) is 0 Å². The molecule has 0 aromatic carbocycles. The molecule has 0 fully saturated rings. The fraction of sp³-hybridized carbons (Fsp3) is 1.00. The van der Waals surface area contributed by atoms with Crippen LogP contribution in [0, 0.1) is 5.92 Å². The third-order valence-electron chi connectivity index (χ3n) is 2.92. The fourth-order valence-electron chi connectivity index (χ4n) is 1.62. The lowest BCUT2D eigenvalue weighted by atomic mass is 10.1. The summed E-state index contributed by atoms with van der Waals surface area (Å²) in [5.41, 5.74) is 5.55. The zero-order valence-corrected chi connectivity index (χ0v) is 10.7. The largest absolute Gasteiger partial charge is 0.330 e. The number of rotatable bonds is 11. The van der Waals surface area contributed by atoms with Crippen LogP contribution in [0.3, 0.4) is 0 Å². The van der Waals surface area contributed by atoms with Gasteiger partial charge in [0.05, 0.1) is 0 Å². The molecule has 3 N–H and O–H groups in total. The van der Waals surface area contributed by atoms with E-state index >= 15 is 0 Å². The van der Waals surface area contributed by atoms with Gasteiger partial charge in [-0.15, -0.1) is 0 Å². The molecular weight excluding hydrogens is 184 g/mol. The van der Waals surface area contributed by atoms with E-state index < -0.39 is 0 Å². The van der Waals surface area contributed by atoms with E-state index in [1.54, 1.807) is 0 Å². The van der Waals surface area contributed by atoms with Crippen molar-refractivity contribution in [2.75, 3.05) is 19.6 Å². The first-order chi connectivity index (χ1) is 7.31. The first kappa shape index (κ1) is 14.9. The highest BCUT2D eigenvalue weighted by Gasteiger charge is 1.97. The molecule has 0 aliphatic heterocycles. The Morgan fingerprint density at radius 1 is 1.00 bits per heavy atom. The van der Waals surface area contributed by atoms with Crippen LogP contribution in [-0.2, 0) is 0 Å². The normalized spacial score (nSPS) is 13.0. The molecule has 2 nitrogen and oxygen atoms in total. The smallest absolute Gasteiger partial charge is 0.00459 e.